The quantitative estimate of drug-likeness (QED) is 0.196. The van der Waals surface area contributed by atoms with Crippen LogP contribution in [0.4, 0.5) is 0 Å². The molecule has 14 nitrogen and oxygen atoms in total. The Hall–Kier alpha value is -2.33. The number of esters is 3. The van der Waals surface area contributed by atoms with Crippen molar-refractivity contribution < 1.29 is 67.6 Å². The van der Waals surface area contributed by atoms with Gasteiger partial charge in [-0.3, -0.25) is 9.59 Å². The molecule has 0 amide bonds. The van der Waals surface area contributed by atoms with Crippen molar-refractivity contribution in [1.82, 2.24) is 0 Å². The number of hydrogen-bond donors (Lipinski definition) is 3. The predicted octanol–water partition coefficient (Wildman–Crippen LogP) is -1.04. The van der Waals surface area contributed by atoms with Crippen LogP contribution in [0.5, 0.6) is 0 Å². The Balaban J connectivity index is 1.34. The summed E-state index contributed by atoms with van der Waals surface area (Å²) in [5, 5.41) is 36.5. The molecule has 44 heavy (non-hydrogen) atoms. The first kappa shape index (κ1) is 29.1. The molecule has 3 N–H and O–H groups in total. The minimum absolute atomic E-state index is 0.171. The Morgan fingerprint density at radius 3 is 2.43 bits per heavy atom. The lowest BCUT2D eigenvalue weighted by Gasteiger charge is -2.65. The molecule has 242 valence electrons. The third-order valence-electron chi connectivity index (χ3n) is 13.1. The van der Waals surface area contributed by atoms with E-state index in [2.05, 4.69) is 0 Å². The van der Waals surface area contributed by atoms with Crippen molar-refractivity contribution in [2.75, 3.05) is 27.4 Å². The van der Waals surface area contributed by atoms with E-state index < -0.39 is 112 Å². The fraction of sp³-hybridized carbons (Fsp3) is 0.833. The van der Waals surface area contributed by atoms with Gasteiger partial charge < -0.3 is 53.2 Å². The van der Waals surface area contributed by atoms with E-state index in [1.165, 1.54) is 27.4 Å². The van der Waals surface area contributed by atoms with Crippen LogP contribution in [0.15, 0.2) is 12.3 Å². The number of ether oxygens (including phenoxy) is 8. The summed E-state index contributed by atoms with van der Waals surface area (Å²) in [6, 6.07) is 0. The average Bonchev–Trinajstić information content (AvgIpc) is 3.42. The monoisotopic (exact) mass is 622 g/mol. The molecule has 1 spiro atoms. The molecule has 4 saturated heterocycles. The van der Waals surface area contributed by atoms with Crippen molar-refractivity contribution >= 4 is 17.9 Å². The van der Waals surface area contributed by atoms with Crippen molar-refractivity contribution in [3.63, 3.8) is 0 Å². The number of methoxy groups -OCH3 is 2. The topological polar surface area (TPSA) is 189 Å². The van der Waals surface area contributed by atoms with Crippen LogP contribution in [0, 0.1) is 34.0 Å². The maximum Gasteiger partial charge on any atom is 0.335 e. The molecule has 0 aromatic heterocycles. The SMILES string of the molecule is COC(=O)[C@H]1OC[C@]23[C@@H]1[C@](C)([C@]14O[C@@]1(C)[C@H]1C[C@@H]4O[C@@H]4OC=C[C@@]41O)[C@H](O)[C@@H]1OC[C@](C(=O)OC)([C@H](OC(C)=O)C[C@@H]2O)[C@H]13. The molecular weight excluding hydrogens is 584 g/mol. The summed E-state index contributed by atoms with van der Waals surface area (Å²) < 4.78 is 47.4. The fourth-order valence-electron chi connectivity index (χ4n) is 11.6. The van der Waals surface area contributed by atoms with Crippen molar-refractivity contribution in [3.8, 4) is 0 Å². The highest BCUT2D eigenvalue weighted by Crippen LogP contribution is 2.82. The van der Waals surface area contributed by atoms with Crippen molar-refractivity contribution in [1.29, 1.82) is 0 Å². The van der Waals surface area contributed by atoms with E-state index in [9.17, 15) is 29.7 Å². The summed E-state index contributed by atoms with van der Waals surface area (Å²) in [5.41, 5.74) is -8.27. The predicted molar refractivity (Wildman–Crippen MR) is 140 cm³/mol. The number of carbonyl (C=O) groups is 3. The molecule has 16 atom stereocenters. The van der Waals surface area contributed by atoms with Crippen LogP contribution >= 0.6 is 0 Å². The molecule has 0 aromatic rings. The molecule has 0 radical (unpaired) electrons. The highest BCUT2D eigenvalue weighted by atomic mass is 16.7. The van der Waals surface area contributed by atoms with Gasteiger partial charge in [0.05, 0.1) is 58.1 Å². The fourth-order valence-corrected chi connectivity index (χ4v) is 11.6. The van der Waals surface area contributed by atoms with Gasteiger partial charge in [-0.2, -0.15) is 0 Å². The van der Waals surface area contributed by atoms with Gasteiger partial charge in [-0.1, -0.05) is 6.92 Å². The van der Waals surface area contributed by atoms with Crippen LogP contribution in [0.3, 0.4) is 0 Å². The van der Waals surface area contributed by atoms with Crippen LogP contribution in [0.2, 0.25) is 0 Å². The standard InChI is InChI=1S/C30H38O14/c1-12(31)42-15-9-14(32)27-10-41-18(22(34)37-4)19(27)25(2,21(33)17-20(27)28(15,11-40-17)23(35)38-5)30-16-8-13(26(30,3)44-30)29(36)6-7-39-24(29)43-16/h6-7,13-21,24,32-33,36H,8-11H2,1-5H3/t13-,14+,15-,16+,17-,18+,19+,20-,21-,24+,25+,26+,27-,28+,29+,30+/m1/s1. The summed E-state index contributed by atoms with van der Waals surface area (Å²) in [5.74, 6) is -4.58. The molecule has 2 bridgehead atoms. The van der Waals surface area contributed by atoms with Gasteiger partial charge in [0.2, 0.25) is 6.29 Å². The van der Waals surface area contributed by atoms with Crippen LogP contribution in [0.1, 0.15) is 33.6 Å². The van der Waals surface area contributed by atoms with E-state index in [0.29, 0.717) is 6.42 Å². The lowest BCUT2D eigenvalue weighted by Crippen LogP contribution is -2.77. The molecule has 14 heteroatoms. The van der Waals surface area contributed by atoms with Crippen LogP contribution in [-0.2, 0) is 52.3 Å². The first-order valence-corrected chi connectivity index (χ1v) is 15.1. The van der Waals surface area contributed by atoms with E-state index in [-0.39, 0.29) is 19.6 Å². The third kappa shape index (κ3) is 2.76. The molecule has 8 aliphatic rings. The molecule has 0 aromatic carbocycles. The minimum Gasteiger partial charge on any atom is -0.469 e. The highest BCUT2D eigenvalue weighted by Gasteiger charge is 2.95. The van der Waals surface area contributed by atoms with Crippen LogP contribution < -0.4 is 0 Å². The maximum atomic E-state index is 13.8. The molecule has 5 aliphatic heterocycles. The second-order valence-corrected chi connectivity index (χ2v) is 14.2. The van der Waals surface area contributed by atoms with E-state index in [1.54, 1.807) is 13.0 Å². The second kappa shape index (κ2) is 8.52. The summed E-state index contributed by atoms with van der Waals surface area (Å²) in [6.07, 6.45) is -4.70. The Labute approximate surface area is 252 Å². The van der Waals surface area contributed by atoms with Crippen LogP contribution in [-0.4, -0.2) is 120 Å². The first-order chi connectivity index (χ1) is 20.8. The number of aliphatic hydroxyl groups is 3. The van der Waals surface area contributed by atoms with E-state index >= 15 is 0 Å². The van der Waals surface area contributed by atoms with Crippen molar-refractivity contribution in [3.05, 3.63) is 12.3 Å². The zero-order chi connectivity index (χ0) is 31.4. The molecular formula is C30H38O14. The Kier molecular flexibility index (Phi) is 5.63. The summed E-state index contributed by atoms with van der Waals surface area (Å²) in [4.78, 5) is 39.6. The summed E-state index contributed by atoms with van der Waals surface area (Å²) in [7, 11) is 2.44. The van der Waals surface area contributed by atoms with Gasteiger partial charge >= 0.3 is 17.9 Å². The molecule has 3 saturated carbocycles. The van der Waals surface area contributed by atoms with Gasteiger partial charge in [-0.15, -0.1) is 0 Å². The van der Waals surface area contributed by atoms with Crippen LogP contribution in [0.25, 0.3) is 0 Å². The third-order valence-corrected chi connectivity index (χ3v) is 13.1. The average molecular weight is 623 g/mol. The minimum atomic E-state index is -1.61. The molecule has 3 aliphatic carbocycles. The zero-order valence-corrected chi connectivity index (χ0v) is 25.1. The molecule has 0 unspecified atom stereocenters. The van der Waals surface area contributed by atoms with Gasteiger partial charge in [0.1, 0.15) is 22.7 Å². The largest absolute Gasteiger partial charge is 0.469 e. The second-order valence-electron chi connectivity index (χ2n) is 14.2. The van der Waals surface area contributed by atoms with Gasteiger partial charge in [-0.05, 0) is 19.4 Å². The lowest BCUT2D eigenvalue weighted by atomic mass is 9.38. The van der Waals surface area contributed by atoms with Crippen molar-refractivity contribution in [2.45, 2.75) is 93.3 Å². The molecule has 5 heterocycles. The Bertz CT molecular complexity index is 1370. The van der Waals surface area contributed by atoms with E-state index in [4.69, 9.17) is 37.9 Å². The van der Waals surface area contributed by atoms with Gasteiger partial charge in [0, 0.05) is 41.9 Å². The highest BCUT2D eigenvalue weighted by molar-refractivity contribution is 5.81. The van der Waals surface area contributed by atoms with Gasteiger partial charge in [-0.25, -0.2) is 4.79 Å². The number of fused-ring (bicyclic) bond motifs is 7. The first-order valence-electron chi connectivity index (χ1n) is 15.1. The van der Waals surface area contributed by atoms with Crippen molar-refractivity contribution in [2.24, 2.45) is 34.0 Å². The summed E-state index contributed by atoms with van der Waals surface area (Å²) >= 11 is 0. The number of hydrogen-bond acceptors (Lipinski definition) is 14. The van der Waals surface area contributed by atoms with E-state index in [1.807, 2.05) is 6.92 Å². The van der Waals surface area contributed by atoms with Gasteiger partial charge in [0.25, 0.3) is 0 Å². The lowest BCUT2D eigenvalue weighted by molar-refractivity contribution is -0.295. The normalized spacial score (nSPS) is 58.6. The number of aliphatic hydroxyl groups excluding tert-OH is 2. The van der Waals surface area contributed by atoms with Gasteiger partial charge in [0.15, 0.2) is 11.7 Å². The Morgan fingerprint density at radius 2 is 1.75 bits per heavy atom. The van der Waals surface area contributed by atoms with E-state index in [0.717, 1.165) is 0 Å². The number of rotatable bonds is 4. The number of carbonyl (C=O) groups excluding carboxylic acids is 3. The Morgan fingerprint density at radius 1 is 1.00 bits per heavy atom. The number of epoxide rings is 1. The zero-order valence-electron chi connectivity index (χ0n) is 25.1. The summed E-state index contributed by atoms with van der Waals surface area (Å²) in [6.45, 7) is 4.40. The molecule has 8 rings (SSSR count). The maximum absolute atomic E-state index is 13.8. The molecule has 7 fully saturated rings. The smallest absolute Gasteiger partial charge is 0.335 e.